The molecule has 1 heterocycles. The predicted octanol–water partition coefficient (Wildman–Crippen LogP) is 2.45. The zero-order valence-corrected chi connectivity index (χ0v) is 12.1. The lowest BCUT2D eigenvalue weighted by atomic mass is 10.0. The highest BCUT2D eigenvalue weighted by atomic mass is 19.4. The molecule has 0 spiro atoms. The Balaban J connectivity index is 2.04. The largest absolute Gasteiger partial charge is 0.417 e. The van der Waals surface area contributed by atoms with Crippen molar-refractivity contribution in [3.05, 3.63) is 35.4 Å². The van der Waals surface area contributed by atoms with E-state index in [1.165, 1.54) is 25.1 Å². The molecule has 4 nitrogen and oxygen atoms in total. The van der Waals surface area contributed by atoms with E-state index < -0.39 is 17.6 Å². The molecule has 1 aromatic rings. The summed E-state index contributed by atoms with van der Waals surface area (Å²) in [7, 11) is 0. The lowest BCUT2D eigenvalue weighted by Crippen LogP contribution is -2.46. The molecule has 0 aliphatic carbocycles. The number of nitrogens with zero attached hydrogens (tertiary/aromatic N) is 1. The Morgan fingerprint density at radius 1 is 1.18 bits per heavy atom. The Labute approximate surface area is 126 Å². The van der Waals surface area contributed by atoms with Crippen molar-refractivity contribution in [1.29, 1.82) is 0 Å². The smallest absolute Gasteiger partial charge is 0.349 e. The number of rotatable bonds is 2. The number of nitrogens with one attached hydrogen (secondary N) is 1. The molecule has 0 atom stereocenters. The highest BCUT2D eigenvalue weighted by molar-refractivity contribution is 5.96. The number of hydrogen-bond acceptors (Lipinski definition) is 2. The van der Waals surface area contributed by atoms with Gasteiger partial charge in [-0.25, -0.2) is 0 Å². The Kier molecular flexibility index (Phi) is 4.73. The second-order valence-corrected chi connectivity index (χ2v) is 5.30. The predicted molar refractivity (Wildman–Crippen MR) is 74.2 cm³/mol. The highest BCUT2D eigenvalue weighted by Crippen LogP contribution is 2.31. The lowest BCUT2D eigenvalue weighted by molar-refractivity contribution is -0.138. The van der Waals surface area contributed by atoms with Gasteiger partial charge in [0.2, 0.25) is 5.91 Å². The van der Waals surface area contributed by atoms with Crippen LogP contribution in [0.25, 0.3) is 0 Å². The van der Waals surface area contributed by atoms with Crippen molar-refractivity contribution in [2.75, 3.05) is 13.1 Å². The summed E-state index contributed by atoms with van der Waals surface area (Å²) in [5.74, 6) is -0.763. The van der Waals surface area contributed by atoms with E-state index in [1.54, 1.807) is 4.90 Å². The van der Waals surface area contributed by atoms with Crippen molar-refractivity contribution in [2.45, 2.75) is 32.0 Å². The number of alkyl halides is 3. The maximum atomic E-state index is 12.9. The molecule has 1 aliphatic rings. The average Bonchev–Trinajstić information content (AvgIpc) is 2.47. The molecule has 2 rings (SSSR count). The Morgan fingerprint density at radius 2 is 1.77 bits per heavy atom. The second kappa shape index (κ2) is 6.37. The van der Waals surface area contributed by atoms with Crippen molar-refractivity contribution >= 4 is 11.8 Å². The fraction of sp³-hybridized carbons (Fsp3) is 0.467. The standard InChI is InChI=1S/C15H17F3N2O2/c1-10(21)20-8-6-11(7-9-20)19-14(22)12-4-2-3-5-13(12)15(16,17)18/h2-5,11H,6-9H2,1H3,(H,19,22). The number of carbonyl (C=O) groups is 2. The summed E-state index contributed by atoms with van der Waals surface area (Å²) in [5.41, 5.74) is -1.31. The van der Waals surface area contributed by atoms with Gasteiger partial charge in [-0.05, 0) is 25.0 Å². The zero-order chi connectivity index (χ0) is 16.3. The number of piperidine rings is 1. The first-order valence-electron chi connectivity index (χ1n) is 7.01. The minimum absolute atomic E-state index is 0.0350. The summed E-state index contributed by atoms with van der Waals surface area (Å²) in [4.78, 5) is 25.0. The fourth-order valence-electron chi connectivity index (χ4n) is 2.53. The van der Waals surface area contributed by atoms with Crippen LogP contribution in [0.4, 0.5) is 13.2 Å². The van der Waals surface area contributed by atoms with Crippen LogP contribution in [-0.4, -0.2) is 35.8 Å². The summed E-state index contributed by atoms with van der Waals surface area (Å²) in [6, 6.07) is 4.51. The molecular weight excluding hydrogens is 297 g/mol. The third kappa shape index (κ3) is 3.78. The van der Waals surface area contributed by atoms with Crippen LogP contribution in [0.5, 0.6) is 0 Å². The number of amides is 2. The lowest BCUT2D eigenvalue weighted by Gasteiger charge is -2.31. The number of benzene rings is 1. The van der Waals surface area contributed by atoms with Crippen molar-refractivity contribution < 1.29 is 22.8 Å². The van der Waals surface area contributed by atoms with E-state index in [1.807, 2.05) is 0 Å². The Hall–Kier alpha value is -2.05. The van der Waals surface area contributed by atoms with E-state index in [0.717, 1.165) is 6.07 Å². The summed E-state index contributed by atoms with van der Waals surface area (Å²) in [5, 5.41) is 2.63. The van der Waals surface area contributed by atoms with Gasteiger partial charge in [-0.3, -0.25) is 9.59 Å². The van der Waals surface area contributed by atoms with Gasteiger partial charge in [0.05, 0.1) is 11.1 Å². The third-order valence-electron chi connectivity index (χ3n) is 3.75. The van der Waals surface area contributed by atoms with Crippen LogP contribution < -0.4 is 5.32 Å². The Morgan fingerprint density at radius 3 is 2.32 bits per heavy atom. The molecule has 7 heteroatoms. The average molecular weight is 314 g/mol. The van der Waals surface area contributed by atoms with Crippen LogP contribution in [0.1, 0.15) is 35.7 Å². The number of carbonyl (C=O) groups excluding carboxylic acids is 2. The van der Waals surface area contributed by atoms with E-state index in [0.29, 0.717) is 25.9 Å². The summed E-state index contributed by atoms with van der Waals surface area (Å²) in [6.07, 6.45) is -3.48. The maximum Gasteiger partial charge on any atom is 0.417 e. The SMILES string of the molecule is CC(=O)N1CCC(NC(=O)c2ccccc2C(F)(F)F)CC1. The van der Waals surface area contributed by atoms with Gasteiger partial charge in [0.1, 0.15) is 0 Å². The van der Waals surface area contributed by atoms with E-state index >= 15 is 0 Å². The number of hydrogen-bond donors (Lipinski definition) is 1. The monoisotopic (exact) mass is 314 g/mol. The number of halogens is 3. The quantitative estimate of drug-likeness (QED) is 0.911. The van der Waals surface area contributed by atoms with Gasteiger partial charge in [-0.1, -0.05) is 12.1 Å². The first-order valence-corrected chi connectivity index (χ1v) is 7.01. The van der Waals surface area contributed by atoms with Gasteiger partial charge < -0.3 is 10.2 Å². The van der Waals surface area contributed by atoms with Crippen LogP contribution in [0.2, 0.25) is 0 Å². The normalized spacial score (nSPS) is 16.5. The topological polar surface area (TPSA) is 49.4 Å². The molecule has 0 radical (unpaired) electrons. The van der Waals surface area contributed by atoms with Crippen LogP contribution in [0.15, 0.2) is 24.3 Å². The molecule has 0 unspecified atom stereocenters. The van der Waals surface area contributed by atoms with Crippen LogP contribution in [0.3, 0.4) is 0 Å². The van der Waals surface area contributed by atoms with Gasteiger partial charge in [0.15, 0.2) is 0 Å². The first-order chi connectivity index (χ1) is 10.3. The van der Waals surface area contributed by atoms with Gasteiger partial charge in [0.25, 0.3) is 5.91 Å². The van der Waals surface area contributed by atoms with Crippen molar-refractivity contribution in [1.82, 2.24) is 10.2 Å². The molecule has 1 aliphatic heterocycles. The first kappa shape index (κ1) is 16.3. The number of likely N-dealkylation sites (tertiary alicyclic amines) is 1. The molecule has 2 amide bonds. The summed E-state index contributed by atoms with van der Waals surface area (Å²) in [6.45, 7) is 2.47. The molecule has 22 heavy (non-hydrogen) atoms. The van der Waals surface area contributed by atoms with E-state index in [2.05, 4.69) is 5.32 Å². The summed E-state index contributed by atoms with van der Waals surface area (Å²) < 4.78 is 38.7. The van der Waals surface area contributed by atoms with Gasteiger partial charge in [-0.2, -0.15) is 13.2 Å². The van der Waals surface area contributed by atoms with E-state index in [9.17, 15) is 22.8 Å². The Bertz CT molecular complexity index is 564. The second-order valence-electron chi connectivity index (χ2n) is 5.30. The van der Waals surface area contributed by atoms with Crippen molar-refractivity contribution in [3.8, 4) is 0 Å². The third-order valence-corrected chi connectivity index (χ3v) is 3.75. The molecule has 1 fully saturated rings. The van der Waals surface area contributed by atoms with Gasteiger partial charge in [-0.15, -0.1) is 0 Å². The molecule has 0 bridgehead atoms. The van der Waals surface area contributed by atoms with Gasteiger partial charge >= 0.3 is 6.18 Å². The van der Waals surface area contributed by atoms with Gasteiger partial charge in [0, 0.05) is 26.1 Å². The van der Waals surface area contributed by atoms with E-state index in [-0.39, 0.29) is 17.5 Å². The molecule has 120 valence electrons. The van der Waals surface area contributed by atoms with Crippen molar-refractivity contribution in [2.24, 2.45) is 0 Å². The molecule has 1 saturated heterocycles. The zero-order valence-electron chi connectivity index (χ0n) is 12.1. The molecule has 1 aromatic carbocycles. The molecule has 1 N–H and O–H groups in total. The molecular formula is C15H17F3N2O2. The molecule has 0 saturated carbocycles. The summed E-state index contributed by atoms with van der Waals surface area (Å²) >= 11 is 0. The van der Waals surface area contributed by atoms with Crippen LogP contribution >= 0.6 is 0 Å². The minimum atomic E-state index is -4.56. The fourth-order valence-corrected chi connectivity index (χ4v) is 2.53. The maximum absolute atomic E-state index is 12.9. The van der Waals surface area contributed by atoms with Crippen LogP contribution in [-0.2, 0) is 11.0 Å². The highest BCUT2D eigenvalue weighted by Gasteiger charge is 2.35. The molecule has 0 aromatic heterocycles. The van der Waals surface area contributed by atoms with E-state index in [4.69, 9.17) is 0 Å². The minimum Gasteiger partial charge on any atom is -0.349 e. The van der Waals surface area contributed by atoms with Crippen molar-refractivity contribution in [3.63, 3.8) is 0 Å². The van der Waals surface area contributed by atoms with Crippen LogP contribution in [0, 0.1) is 0 Å².